The molecular formula is C10H14ClN5. The minimum absolute atomic E-state index is 0.488. The van der Waals surface area contributed by atoms with E-state index in [1.54, 1.807) is 4.52 Å². The van der Waals surface area contributed by atoms with Crippen molar-refractivity contribution in [2.75, 3.05) is 18.0 Å². The molecule has 0 aliphatic rings. The van der Waals surface area contributed by atoms with Crippen molar-refractivity contribution in [1.82, 2.24) is 19.6 Å². The molecule has 0 bridgehead atoms. The second-order valence-electron chi connectivity index (χ2n) is 3.50. The number of hydrogen-bond acceptors (Lipinski definition) is 4. The lowest BCUT2D eigenvalue weighted by Crippen LogP contribution is -2.26. The summed E-state index contributed by atoms with van der Waals surface area (Å²) in [7, 11) is 0. The Morgan fingerprint density at radius 3 is 2.69 bits per heavy atom. The summed E-state index contributed by atoms with van der Waals surface area (Å²) < 4.78 is 1.73. The summed E-state index contributed by atoms with van der Waals surface area (Å²) >= 11 is 6.09. The molecule has 0 spiro atoms. The van der Waals surface area contributed by atoms with Gasteiger partial charge in [-0.25, -0.2) is 0 Å². The molecule has 5 nitrogen and oxygen atoms in total. The maximum atomic E-state index is 6.09. The van der Waals surface area contributed by atoms with Gasteiger partial charge in [-0.2, -0.15) is 19.6 Å². The normalized spacial score (nSPS) is 11.0. The number of aromatic nitrogens is 4. The quantitative estimate of drug-likeness (QED) is 0.768. The van der Waals surface area contributed by atoms with Crippen LogP contribution in [0.25, 0.3) is 5.78 Å². The van der Waals surface area contributed by atoms with E-state index in [0.29, 0.717) is 10.9 Å². The van der Waals surface area contributed by atoms with Crippen LogP contribution in [0, 0.1) is 6.92 Å². The van der Waals surface area contributed by atoms with Crippen LogP contribution in [0.4, 0.5) is 5.82 Å². The Bertz CT molecular complexity index is 503. The van der Waals surface area contributed by atoms with Gasteiger partial charge in [0, 0.05) is 18.7 Å². The number of nitrogens with zero attached hydrogens (tertiary/aromatic N) is 5. The van der Waals surface area contributed by atoms with Gasteiger partial charge in [-0.3, -0.25) is 0 Å². The van der Waals surface area contributed by atoms with Gasteiger partial charge in [0.05, 0.1) is 0 Å². The highest BCUT2D eigenvalue weighted by atomic mass is 35.5. The highest BCUT2D eigenvalue weighted by Gasteiger charge is 2.15. The van der Waals surface area contributed by atoms with Gasteiger partial charge >= 0.3 is 0 Å². The zero-order chi connectivity index (χ0) is 11.7. The van der Waals surface area contributed by atoms with Crippen molar-refractivity contribution in [2.24, 2.45) is 0 Å². The molecule has 0 aliphatic heterocycles. The van der Waals surface area contributed by atoms with Crippen molar-refractivity contribution in [2.45, 2.75) is 20.8 Å². The van der Waals surface area contributed by atoms with Crippen molar-refractivity contribution in [3.63, 3.8) is 0 Å². The second-order valence-corrected chi connectivity index (χ2v) is 3.85. The third kappa shape index (κ3) is 1.61. The molecule has 0 unspecified atom stereocenters. The first-order chi connectivity index (χ1) is 7.69. The Labute approximate surface area is 99.1 Å². The van der Waals surface area contributed by atoms with Crippen molar-refractivity contribution in [3.05, 3.63) is 17.0 Å². The van der Waals surface area contributed by atoms with Gasteiger partial charge in [-0.05, 0) is 20.8 Å². The highest BCUT2D eigenvalue weighted by molar-refractivity contribution is 6.30. The number of fused-ring (bicyclic) bond motifs is 1. The van der Waals surface area contributed by atoms with E-state index in [9.17, 15) is 0 Å². The zero-order valence-electron chi connectivity index (χ0n) is 9.61. The van der Waals surface area contributed by atoms with Gasteiger partial charge in [0.25, 0.3) is 5.78 Å². The maximum Gasteiger partial charge on any atom is 0.255 e. The van der Waals surface area contributed by atoms with Crippen LogP contribution in [0.5, 0.6) is 0 Å². The summed E-state index contributed by atoms with van der Waals surface area (Å²) in [5.74, 6) is 1.51. The van der Waals surface area contributed by atoms with E-state index in [0.717, 1.165) is 24.5 Å². The molecule has 0 fully saturated rings. The number of rotatable bonds is 3. The average molecular weight is 240 g/mol. The second kappa shape index (κ2) is 4.25. The van der Waals surface area contributed by atoms with Gasteiger partial charge in [0.2, 0.25) is 0 Å². The molecule has 0 aliphatic carbocycles. The first-order valence-electron chi connectivity index (χ1n) is 5.29. The van der Waals surface area contributed by atoms with Gasteiger partial charge in [-0.1, -0.05) is 11.6 Å². The van der Waals surface area contributed by atoms with E-state index < -0.39 is 0 Å². The van der Waals surface area contributed by atoms with Crippen LogP contribution in [0.15, 0.2) is 6.33 Å². The molecule has 6 heteroatoms. The molecule has 2 aromatic heterocycles. The summed E-state index contributed by atoms with van der Waals surface area (Å²) in [6.07, 6.45) is 1.49. The molecule has 0 amide bonds. The van der Waals surface area contributed by atoms with Gasteiger partial charge in [0.15, 0.2) is 0 Å². The zero-order valence-corrected chi connectivity index (χ0v) is 10.4. The molecule has 0 radical (unpaired) electrons. The predicted molar refractivity (Wildman–Crippen MR) is 64.1 cm³/mol. The van der Waals surface area contributed by atoms with E-state index in [4.69, 9.17) is 11.6 Å². The van der Waals surface area contributed by atoms with Crippen molar-refractivity contribution in [3.8, 4) is 0 Å². The topological polar surface area (TPSA) is 46.3 Å². The molecular weight excluding hydrogens is 226 g/mol. The number of hydrogen-bond donors (Lipinski definition) is 0. The molecule has 0 aromatic carbocycles. The Morgan fingerprint density at radius 2 is 2.06 bits per heavy atom. The SMILES string of the molecule is CCN(CC)c1c(C)c(Cl)nc2ncnn12. The fourth-order valence-electron chi connectivity index (χ4n) is 1.78. The lowest BCUT2D eigenvalue weighted by molar-refractivity contribution is 0.792. The summed E-state index contributed by atoms with van der Waals surface area (Å²) in [5.41, 5.74) is 0.934. The number of anilines is 1. The van der Waals surface area contributed by atoms with E-state index in [1.165, 1.54) is 6.33 Å². The Morgan fingerprint density at radius 1 is 1.38 bits per heavy atom. The summed E-state index contributed by atoms with van der Waals surface area (Å²) in [6, 6.07) is 0. The molecule has 16 heavy (non-hydrogen) atoms. The molecule has 2 heterocycles. The molecule has 2 aromatic rings. The lowest BCUT2D eigenvalue weighted by Gasteiger charge is -2.23. The van der Waals surface area contributed by atoms with Crippen molar-refractivity contribution in [1.29, 1.82) is 0 Å². The molecule has 0 saturated heterocycles. The van der Waals surface area contributed by atoms with Crippen molar-refractivity contribution >= 4 is 23.2 Å². The summed E-state index contributed by atoms with van der Waals surface area (Å²) in [5, 5.41) is 4.67. The minimum atomic E-state index is 0.488. The number of halogens is 1. The summed E-state index contributed by atoms with van der Waals surface area (Å²) in [4.78, 5) is 10.4. The minimum Gasteiger partial charge on any atom is -0.357 e. The van der Waals surface area contributed by atoms with Gasteiger partial charge in [-0.15, -0.1) is 0 Å². The van der Waals surface area contributed by atoms with E-state index >= 15 is 0 Å². The van der Waals surface area contributed by atoms with Crippen LogP contribution < -0.4 is 4.90 Å². The molecule has 2 rings (SSSR count). The molecule has 0 N–H and O–H groups in total. The third-order valence-electron chi connectivity index (χ3n) is 2.64. The Balaban J connectivity index is 2.73. The molecule has 0 atom stereocenters. The van der Waals surface area contributed by atoms with Crippen molar-refractivity contribution < 1.29 is 0 Å². The lowest BCUT2D eigenvalue weighted by atomic mass is 10.3. The third-order valence-corrected chi connectivity index (χ3v) is 3.00. The van der Waals surface area contributed by atoms with Gasteiger partial charge < -0.3 is 4.90 Å². The highest BCUT2D eigenvalue weighted by Crippen LogP contribution is 2.25. The Hall–Kier alpha value is -1.36. The van der Waals surface area contributed by atoms with Crippen LogP contribution in [0.2, 0.25) is 5.15 Å². The fraction of sp³-hybridized carbons (Fsp3) is 0.500. The van der Waals surface area contributed by atoms with Crippen LogP contribution in [-0.4, -0.2) is 32.7 Å². The predicted octanol–water partition coefficient (Wildman–Crippen LogP) is 1.93. The van der Waals surface area contributed by atoms with E-state index in [-0.39, 0.29) is 0 Å². The fourth-order valence-corrected chi connectivity index (χ4v) is 1.94. The first-order valence-corrected chi connectivity index (χ1v) is 5.67. The van der Waals surface area contributed by atoms with Crippen LogP contribution in [0.1, 0.15) is 19.4 Å². The van der Waals surface area contributed by atoms with Crippen LogP contribution in [0.3, 0.4) is 0 Å². The molecule has 86 valence electrons. The maximum absolute atomic E-state index is 6.09. The van der Waals surface area contributed by atoms with Gasteiger partial charge in [0.1, 0.15) is 17.3 Å². The molecule has 0 saturated carbocycles. The standard InChI is InChI=1S/C10H14ClN5/c1-4-15(5-2)9-7(3)8(11)14-10-12-6-13-16(9)10/h6H,4-5H2,1-3H3. The monoisotopic (exact) mass is 239 g/mol. The van der Waals surface area contributed by atoms with E-state index in [1.807, 2.05) is 6.92 Å². The smallest absolute Gasteiger partial charge is 0.255 e. The van der Waals surface area contributed by atoms with Crippen LogP contribution >= 0.6 is 11.6 Å². The van der Waals surface area contributed by atoms with Crippen LogP contribution in [-0.2, 0) is 0 Å². The first kappa shape index (κ1) is 11.1. The van der Waals surface area contributed by atoms with E-state index in [2.05, 4.69) is 33.8 Å². The Kier molecular flexibility index (Phi) is 2.96. The summed E-state index contributed by atoms with van der Waals surface area (Å²) in [6.45, 7) is 7.93. The largest absolute Gasteiger partial charge is 0.357 e. The average Bonchev–Trinajstić information content (AvgIpc) is 2.72.